The SMILES string of the molecule is Cc1cc2oc(N)c(C=C3SC(=S)NC3=S)c(=O)c2cc1C. The highest BCUT2D eigenvalue weighted by atomic mass is 32.2. The van der Waals surface area contributed by atoms with Crippen molar-refractivity contribution in [2.75, 3.05) is 5.73 Å². The first-order valence-electron chi connectivity index (χ1n) is 6.45. The van der Waals surface area contributed by atoms with Gasteiger partial charge in [-0.2, -0.15) is 0 Å². The number of nitrogen functional groups attached to an aromatic ring is 1. The van der Waals surface area contributed by atoms with Crippen molar-refractivity contribution < 1.29 is 4.42 Å². The van der Waals surface area contributed by atoms with Crippen molar-refractivity contribution in [1.82, 2.24) is 5.32 Å². The van der Waals surface area contributed by atoms with E-state index in [4.69, 9.17) is 34.6 Å². The minimum atomic E-state index is -0.171. The molecule has 7 heteroatoms. The molecule has 0 spiro atoms. The third kappa shape index (κ3) is 2.55. The Labute approximate surface area is 141 Å². The highest BCUT2D eigenvalue weighted by molar-refractivity contribution is 8.27. The lowest BCUT2D eigenvalue weighted by Crippen LogP contribution is -2.16. The zero-order valence-corrected chi connectivity index (χ0v) is 14.3. The molecule has 2 aromatic rings. The molecule has 0 radical (unpaired) electrons. The summed E-state index contributed by atoms with van der Waals surface area (Å²) < 4.78 is 6.17. The van der Waals surface area contributed by atoms with Gasteiger partial charge < -0.3 is 15.5 Å². The number of rotatable bonds is 1. The minimum absolute atomic E-state index is 0.0782. The summed E-state index contributed by atoms with van der Waals surface area (Å²) in [5, 5.41) is 3.37. The van der Waals surface area contributed by atoms with Crippen LogP contribution in [0.4, 0.5) is 5.88 Å². The van der Waals surface area contributed by atoms with E-state index in [1.165, 1.54) is 11.8 Å². The average Bonchev–Trinajstić information content (AvgIpc) is 2.75. The Morgan fingerprint density at radius 1 is 1.27 bits per heavy atom. The summed E-state index contributed by atoms with van der Waals surface area (Å²) in [7, 11) is 0. The number of hydrogen-bond acceptors (Lipinski definition) is 6. The summed E-state index contributed by atoms with van der Waals surface area (Å²) >= 11 is 11.5. The maximum atomic E-state index is 12.7. The monoisotopic (exact) mass is 348 g/mol. The number of thiocarbonyl (C=S) groups is 2. The largest absolute Gasteiger partial charge is 0.440 e. The molecule has 1 aromatic carbocycles. The molecule has 0 unspecified atom stereocenters. The molecule has 1 aliphatic heterocycles. The smallest absolute Gasteiger partial charge is 0.202 e. The standard InChI is InChI=1S/C15H12N2O2S3/c1-6-3-8-10(4-7(6)2)19-13(16)9(12(8)18)5-11-14(20)17-15(21)22-11/h3-5H,16H2,1-2H3,(H,17,20,21). The molecule has 1 saturated heterocycles. The molecule has 2 heterocycles. The van der Waals surface area contributed by atoms with Crippen LogP contribution in [-0.4, -0.2) is 9.31 Å². The number of fused-ring (bicyclic) bond motifs is 1. The van der Waals surface area contributed by atoms with Gasteiger partial charge in [-0.15, -0.1) is 0 Å². The fourth-order valence-electron chi connectivity index (χ4n) is 2.17. The van der Waals surface area contributed by atoms with Crippen LogP contribution in [0.25, 0.3) is 17.0 Å². The summed E-state index contributed by atoms with van der Waals surface area (Å²) in [4.78, 5) is 13.9. The van der Waals surface area contributed by atoms with Crippen LogP contribution in [0.5, 0.6) is 0 Å². The molecule has 0 saturated carbocycles. The van der Waals surface area contributed by atoms with E-state index in [9.17, 15) is 4.79 Å². The van der Waals surface area contributed by atoms with Gasteiger partial charge in [0, 0.05) is 0 Å². The number of aryl methyl sites for hydroxylation is 2. The van der Waals surface area contributed by atoms with Gasteiger partial charge in [-0.1, -0.05) is 36.2 Å². The molecule has 3 N–H and O–H groups in total. The number of thioether (sulfide) groups is 1. The van der Waals surface area contributed by atoms with E-state index >= 15 is 0 Å². The van der Waals surface area contributed by atoms with E-state index in [1.807, 2.05) is 26.0 Å². The van der Waals surface area contributed by atoms with Crippen LogP contribution in [0.1, 0.15) is 16.7 Å². The van der Waals surface area contributed by atoms with Crippen molar-refractivity contribution in [2.45, 2.75) is 13.8 Å². The second-order valence-corrected chi connectivity index (χ2v) is 7.12. The Hall–Kier alpha value is -1.70. The average molecular weight is 348 g/mol. The third-order valence-corrected chi connectivity index (χ3v) is 5.12. The Balaban J connectivity index is 2.25. The highest BCUT2D eigenvalue weighted by Crippen LogP contribution is 2.29. The summed E-state index contributed by atoms with van der Waals surface area (Å²) in [6.45, 7) is 3.91. The Bertz CT molecular complexity index is 929. The van der Waals surface area contributed by atoms with Gasteiger partial charge in [0.15, 0.2) is 0 Å². The van der Waals surface area contributed by atoms with E-state index in [-0.39, 0.29) is 11.3 Å². The van der Waals surface area contributed by atoms with Crippen molar-refractivity contribution in [1.29, 1.82) is 0 Å². The molecule has 0 aliphatic carbocycles. The van der Waals surface area contributed by atoms with Crippen LogP contribution in [0, 0.1) is 13.8 Å². The van der Waals surface area contributed by atoms with Gasteiger partial charge >= 0.3 is 0 Å². The maximum absolute atomic E-state index is 12.7. The van der Waals surface area contributed by atoms with E-state index in [1.54, 1.807) is 6.08 Å². The Morgan fingerprint density at radius 2 is 1.95 bits per heavy atom. The lowest BCUT2D eigenvalue weighted by Gasteiger charge is -2.06. The van der Waals surface area contributed by atoms with E-state index in [0.29, 0.717) is 30.7 Å². The molecule has 3 rings (SSSR count). The van der Waals surface area contributed by atoms with E-state index in [2.05, 4.69) is 5.32 Å². The predicted molar refractivity (Wildman–Crippen MR) is 100 cm³/mol. The molecular weight excluding hydrogens is 336 g/mol. The van der Waals surface area contributed by atoms with Crippen LogP contribution < -0.4 is 16.5 Å². The van der Waals surface area contributed by atoms with Crippen LogP contribution in [0.15, 0.2) is 26.2 Å². The van der Waals surface area contributed by atoms with Crippen LogP contribution in [0.3, 0.4) is 0 Å². The molecule has 112 valence electrons. The fraction of sp³-hybridized carbons (Fsp3) is 0.133. The van der Waals surface area contributed by atoms with Crippen molar-refractivity contribution in [3.05, 3.63) is 44.0 Å². The van der Waals surface area contributed by atoms with E-state index in [0.717, 1.165) is 11.1 Å². The molecule has 0 atom stereocenters. The molecule has 0 amide bonds. The first-order chi connectivity index (χ1) is 10.4. The predicted octanol–water partition coefficient (Wildman–Crippen LogP) is 3.28. The van der Waals surface area contributed by atoms with Gasteiger partial charge in [-0.25, -0.2) is 0 Å². The molecule has 1 fully saturated rings. The van der Waals surface area contributed by atoms with Gasteiger partial charge in [-0.3, -0.25) is 4.79 Å². The van der Waals surface area contributed by atoms with Gasteiger partial charge in [0.1, 0.15) is 14.9 Å². The van der Waals surface area contributed by atoms with Crippen molar-refractivity contribution in [3.63, 3.8) is 0 Å². The fourth-order valence-corrected chi connectivity index (χ4v) is 3.63. The zero-order chi connectivity index (χ0) is 16.0. The summed E-state index contributed by atoms with van der Waals surface area (Å²) in [6, 6.07) is 3.64. The van der Waals surface area contributed by atoms with Crippen molar-refractivity contribution >= 4 is 68.4 Å². The van der Waals surface area contributed by atoms with Gasteiger partial charge in [-0.05, 0) is 43.2 Å². The van der Waals surface area contributed by atoms with Crippen molar-refractivity contribution in [2.24, 2.45) is 0 Å². The molecule has 4 nitrogen and oxygen atoms in total. The lowest BCUT2D eigenvalue weighted by atomic mass is 10.1. The zero-order valence-electron chi connectivity index (χ0n) is 11.9. The van der Waals surface area contributed by atoms with Crippen LogP contribution >= 0.6 is 36.2 Å². The first-order valence-corrected chi connectivity index (χ1v) is 8.08. The normalized spacial score (nSPS) is 16.5. The summed E-state index contributed by atoms with van der Waals surface area (Å²) in [5.74, 6) is 0.0782. The number of nitrogens with two attached hydrogens (primary N) is 1. The van der Waals surface area contributed by atoms with Crippen LogP contribution in [-0.2, 0) is 0 Å². The quantitative estimate of drug-likeness (QED) is 0.605. The number of hydrogen-bond donors (Lipinski definition) is 2. The molecule has 1 aromatic heterocycles. The molecular formula is C15H12N2O2S3. The van der Waals surface area contributed by atoms with Gasteiger partial charge in [0.2, 0.25) is 11.3 Å². The molecule has 1 aliphatic rings. The van der Waals surface area contributed by atoms with Gasteiger partial charge in [0.25, 0.3) is 0 Å². The Morgan fingerprint density at radius 3 is 2.59 bits per heavy atom. The topological polar surface area (TPSA) is 68.3 Å². The first kappa shape index (κ1) is 15.2. The lowest BCUT2D eigenvalue weighted by molar-refractivity contribution is 0.623. The molecule has 0 bridgehead atoms. The number of benzene rings is 1. The van der Waals surface area contributed by atoms with E-state index < -0.39 is 0 Å². The third-order valence-electron chi connectivity index (χ3n) is 3.49. The second kappa shape index (κ2) is 5.49. The minimum Gasteiger partial charge on any atom is -0.440 e. The van der Waals surface area contributed by atoms with Crippen LogP contribution in [0.2, 0.25) is 0 Å². The summed E-state index contributed by atoms with van der Waals surface area (Å²) in [5.41, 5.74) is 8.60. The van der Waals surface area contributed by atoms with Gasteiger partial charge in [0.05, 0.1) is 15.9 Å². The number of nitrogens with one attached hydrogen (secondary N) is 1. The number of anilines is 1. The second-order valence-electron chi connectivity index (χ2n) is 4.99. The highest BCUT2D eigenvalue weighted by Gasteiger charge is 2.20. The summed E-state index contributed by atoms with van der Waals surface area (Å²) in [6.07, 6.45) is 1.63. The van der Waals surface area contributed by atoms with Crippen molar-refractivity contribution in [3.8, 4) is 0 Å². The maximum Gasteiger partial charge on any atom is 0.202 e. The molecule has 22 heavy (non-hydrogen) atoms. The Kier molecular flexibility index (Phi) is 3.80.